The van der Waals surface area contributed by atoms with Gasteiger partial charge in [0.05, 0.1) is 42.4 Å². The Morgan fingerprint density at radius 1 is 1.08 bits per heavy atom. The summed E-state index contributed by atoms with van der Waals surface area (Å²) in [5.41, 5.74) is 3.11. The van der Waals surface area contributed by atoms with E-state index in [4.69, 9.17) is 24.1 Å². The first-order valence-corrected chi connectivity index (χ1v) is 14.8. The highest BCUT2D eigenvalue weighted by molar-refractivity contribution is 6.31. The van der Waals surface area contributed by atoms with E-state index in [9.17, 15) is 44.4 Å². The second-order valence-electron chi connectivity index (χ2n) is 12.0. The number of carbonyl (C=O) groups is 5. The SMILES string of the molecule is COc1cccc2c1C(=O)c1c(O)c3c(c(O)c1C2=O)C[C@@](O)(C(=O)COC(=O)[C@@H]([NH3+])CC(=O)O)C[C@@H]3O[C@H]1C[C@H]([NH3+])[C@H](O)[C@H](C)O1.[Cl-].[Cl-]. The molecule has 0 aromatic heterocycles. The molecule has 2 aliphatic carbocycles. The number of aliphatic hydroxyl groups is 2. The van der Waals surface area contributed by atoms with Crippen LogP contribution >= 0.6 is 0 Å². The van der Waals surface area contributed by atoms with Crippen molar-refractivity contribution in [3.63, 3.8) is 0 Å². The Kier molecular flexibility index (Phi) is 12.1. The zero-order chi connectivity index (χ0) is 34.5. The van der Waals surface area contributed by atoms with E-state index < -0.39 is 120 Å². The minimum absolute atomic E-state index is 0. The monoisotopic (exact) mass is 730 g/mol. The van der Waals surface area contributed by atoms with Crippen molar-refractivity contribution in [2.75, 3.05) is 13.7 Å². The number of rotatable bonds is 9. The molecule has 2 aromatic carbocycles. The number of esters is 1. The topological polar surface area (TPSA) is 279 Å². The summed E-state index contributed by atoms with van der Waals surface area (Å²) in [6, 6.07) is 2.38. The van der Waals surface area contributed by atoms with Crippen molar-refractivity contribution in [3.05, 3.63) is 51.6 Å². The number of aliphatic hydroxyl groups excluding tert-OH is 1. The molecule has 18 heteroatoms. The number of phenolic OH excluding ortho intramolecular Hbond substituents is 2. The first-order valence-electron chi connectivity index (χ1n) is 14.8. The van der Waals surface area contributed by atoms with Gasteiger partial charge in [-0.05, 0) is 13.0 Å². The predicted molar refractivity (Wildman–Crippen MR) is 153 cm³/mol. The number of phenols is 2. The van der Waals surface area contributed by atoms with Crippen LogP contribution in [0.15, 0.2) is 18.2 Å². The summed E-state index contributed by atoms with van der Waals surface area (Å²) in [6.07, 6.45) is -6.11. The van der Waals surface area contributed by atoms with Crippen molar-refractivity contribution in [2.24, 2.45) is 0 Å². The van der Waals surface area contributed by atoms with Crippen LogP contribution < -0.4 is 41.0 Å². The molecule has 0 bridgehead atoms. The maximum absolute atomic E-state index is 13.8. The number of carbonyl (C=O) groups excluding carboxylic acids is 4. The molecule has 11 N–H and O–H groups in total. The minimum atomic E-state index is -2.42. The van der Waals surface area contributed by atoms with Crippen molar-refractivity contribution in [3.8, 4) is 17.2 Å². The molecule has 16 nitrogen and oxygen atoms in total. The van der Waals surface area contributed by atoms with E-state index in [-0.39, 0.29) is 59.2 Å². The van der Waals surface area contributed by atoms with Crippen molar-refractivity contribution < 1.29 is 105 Å². The summed E-state index contributed by atoms with van der Waals surface area (Å²) in [5, 5.41) is 54.1. The molecule has 0 saturated carbocycles. The van der Waals surface area contributed by atoms with Gasteiger partial charge in [0, 0.05) is 29.5 Å². The number of benzene rings is 2. The van der Waals surface area contributed by atoms with Crippen LogP contribution in [0.1, 0.15) is 75.3 Å². The van der Waals surface area contributed by atoms with Gasteiger partial charge in [0.2, 0.25) is 11.6 Å². The third-order valence-electron chi connectivity index (χ3n) is 8.84. The lowest BCUT2D eigenvalue weighted by Gasteiger charge is -2.41. The number of aromatic hydroxyl groups is 2. The minimum Gasteiger partial charge on any atom is -1.00 e. The van der Waals surface area contributed by atoms with Crippen LogP contribution in [0.3, 0.4) is 0 Å². The van der Waals surface area contributed by atoms with Gasteiger partial charge in [-0.1, -0.05) is 12.1 Å². The van der Waals surface area contributed by atoms with Crippen LogP contribution in [0.4, 0.5) is 0 Å². The molecule has 5 rings (SSSR count). The summed E-state index contributed by atoms with van der Waals surface area (Å²) in [6.45, 7) is 0.575. The van der Waals surface area contributed by atoms with Crippen molar-refractivity contribution in [2.45, 2.75) is 74.9 Å². The third-order valence-corrected chi connectivity index (χ3v) is 8.84. The molecule has 0 spiro atoms. The lowest BCUT2D eigenvalue weighted by Crippen LogP contribution is -3.00. The van der Waals surface area contributed by atoms with Gasteiger partial charge in [-0.2, -0.15) is 0 Å². The Balaban J connectivity index is 0.00000325. The molecule has 1 aliphatic heterocycles. The molecule has 3 aliphatic rings. The number of ketones is 3. The molecule has 268 valence electrons. The fourth-order valence-electron chi connectivity index (χ4n) is 6.35. The number of carboxylic acid groups (broad SMARTS) is 1. The molecule has 0 radical (unpaired) electrons. The number of quaternary nitrogens is 2. The highest BCUT2D eigenvalue weighted by Gasteiger charge is 2.51. The van der Waals surface area contributed by atoms with Crippen LogP contribution in [0, 0.1) is 0 Å². The van der Waals surface area contributed by atoms with E-state index in [1.54, 1.807) is 6.92 Å². The van der Waals surface area contributed by atoms with E-state index in [0.717, 1.165) is 0 Å². The van der Waals surface area contributed by atoms with Crippen LogP contribution in [-0.4, -0.2) is 105 Å². The second kappa shape index (κ2) is 14.9. The summed E-state index contributed by atoms with van der Waals surface area (Å²) in [4.78, 5) is 64.1. The number of Topliss-reactive ketones (excluding diaryl/α,β-unsaturated/α-hetero) is 1. The fourth-order valence-corrected chi connectivity index (χ4v) is 6.35. The highest BCUT2D eigenvalue weighted by Crippen LogP contribution is 2.52. The number of carboxylic acids is 1. The number of hydrogen-bond acceptors (Lipinski definition) is 13. The first kappa shape index (κ1) is 39.6. The Hall–Kier alpha value is -3.87. The summed E-state index contributed by atoms with van der Waals surface area (Å²) in [7, 11) is 1.30. The van der Waals surface area contributed by atoms with Crippen molar-refractivity contribution in [1.29, 1.82) is 0 Å². The van der Waals surface area contributed by atoms with Gasteiger partial charge in [-0.3, -0.25) is 19.2 Å². The number of methoxy groups -OCH3 is 1. The fraction of sp³-hybridized carbons (Fsp3) is 0.452. The second-order valence-corrected chi connectivity index (χ2v) is 12.0. The van der Waals surface area contributed by atoms with Gasteiger partial charge in [0.1, 0.15) is 41.4 Å². The van der Waals surface area contributed by atoms with E-state index in [1.165, 1.54) is 25.3 Å². The Morgan fingerprint density at radius 2 is 1.73 bits per heavy atom. The maximum atomic E-state index is 13.8. The average molecular weight is 732 g/mol. The van der Waals surface area contributed by atoms with Gasteiger partial charge in [-0.15, -0.1) is 0 Å². The van der Waals surface area contributed by atoms with Gasteiger partial charge in [0.15, 0.2) is 24.7 Å². The molecular formula is C31H36Cl2N2O14. The first-order chi connectivity index (χ1) is 22.1. The van der Waals surface area contributed by atoms with E-state index in [1.807, 2.05) is 0 Å². The van der Waals surface area contributed by atoms with Crippen molar-refractivity contribution >= 4 is 29.3 Å². The number of halogens is 2. The Morgan fingerprint density at radius 3 is 2.35 bits per heavy atom. The number of fused-ring (bicyclic) bond motifs is 3. The van der Waals surface area contributed by atoms with Crippen LogP contribution in [0.25, 0.3) is 0 Å². The molecule has 2 aromatic rings. The molecule has 1 fully saturated rings. The predicted octanol–water partition coefficient (Wildman–Crippen LogP) is -8.07. The number of ether oxygens (including phenoxy) is 4. The van der Waals surface area contributed by atoms with E-state index in [2.05, 4.69) is 11.5 Å². The molecule has 1 saturated heterocycles. The van der Waals surface area contributed by atoms with Crippen LogP contribution in [-0.2, 0) is 35.0 Å². The maximum Gasteiger partial charge on any atom is 0.365 e. The highest BCUT2D eigenvalue weighted by atomic mass is 35.5. The molecule has 7 atom stereocenters. The molecule has 1 heterocycles. The number of hydrogen-bond donors (Lipinski definition) is 7. The Labute approximate surface area is 291 Å². The van der Waals surface area contributed by atoms with Gasteiger partial charge in [0.25, 0.3) is 0 Å². The summed E-state index contributed by atoms with van der Waals surface area (Å²) < 4.78 is 22.1. The zero-order valence-electron chi connectivity index (χ0n) is 26.3. The molecule has 49 heavy (non-hydrogen) atoms. The zero-order valence-corrected chi connectivity index (χ0v) is 27.8. The van der Waals surface area contributed by atoms with E-state index in [0.29, 0.717) is 0 Å². The largest absolute Gasteiger partial charge is 1.00 e. The summed E-state index contributed by atoms with van der Waals surface area (Å²) in [5.74, 6) is -6.58. The van der Waals surface area contributed by atoms with Gasteiger partial charge in [-0.25, -0.2) is 4.79 Å². The van der Waals surface area contributed by atoms with Crippen LogP contribution in [0.2, 0.25) is 0 Å². The standard InChI is InChI=1S/C31H34N2O14.2ClH/c1-11-25(37)14(32)7-20(46-11)47-17-9-31(43,18(34)10-45-30(42)15(33)6-19(35)36)8-13-22(17)29(41)24-23(27(13)39)26(38)12-4-3-5-16(44-2)21(12)28(24)40;;/h3-5,11,14-15,17,20,25,37,39,41,43H,6-10,32-33H2,1-2H3,(H,35,36);2*1H/t11-,14-,15-,17-,20-,25+,31-;;/m0../s1. The lowest BCUT2D eigenvalue weighted by atomic mass is 9.72. The Bertz CT molecular complexity index is 1670. The van der Waals surface area contributed by atoms with Crippen LogP contribution in [0.5, 0.6) is 17.2 Å². The van der Waals surface area contributed by atoms with Gasteiger partial charge >= 0.3 is 11.9 Å². The van der Waals surface area contributed by atoms with Crippen molar-refractivity contribution in [1.82, 2.24) is 0 Å². The lowest BCUT2D eigenvalue weighted by molar-refractivity contribution is -0.466. The van der Waals surface area contributed by atoms with Gasteiger partial charge < -0.3 is 80.8 Å². The molecular weight excluding hydrogens is 695 g/mol. The van der Waals surface area contributed by atoms with E-state index >= 15 is 0 Å². The quantitative estimate of drug-likeness (QED) is 0.0796. The average Bonchev–Trinajstić information content (AvgIpc) is 3.01. The normalized spacial score (nSPS) is 26.1. The molecule has 0 amide bonds. The smallest absolute Gasteiger partial charge is 0.365 e. The summed E-state index contributed by atoms with van der Waals surface area (Å²) >= 11 is 0. The molecule has 0 unspecified atom stereocenters. The number of aliphatic carboxylic acids is 1. The third kappa shape index (κ3) is 7.09.